The molecule has 0 atom stereocenters. The summed E-state index contributed by atoms with van der Waals surface area (Å²) in [5.74, 6) is -1.82. The number of benzene rings is 2. The van der Waals surface area contributed by atoms with Gasteiger partial charge in [-0.25, -0.2) is 17.9 Å². The van der Waals surface area contributed by atoms with Crippen LogP contribution in [0.25, 0.3) is 5.69 Å². The second-order valence-electron chi connectivity index (χ2n) is 6.81. The first-order valence-electron chi connectivity index (χ1n) is 9.46. The minimum absolute atomic E-state index is 0.0500. The molecule has 1 aromatic heterocycles. The van der Waals surface area contributed by atoms with Gasteiger partial charge in [0.05, 0.1) is 29.1 Å². The van der Waals surface area contributed by atoms with Crippen LogP contribution in [0.15, 0.2) is 59.6 Å². The Morgan fingerprint density at radius 1 is 1.09 bits per heavy atom. The van der Waals surface area contributed by atoms with Crippen LogP contribution in [0.3, 0.4) is 0 Å². The minimum Gasteiger partial charge on any atom is -0.462 e. The van der Waals surface area contributed by atoms with Gasteiger partial charge in [0, 0.05) is 11.8 Å². The maximum Gasteiger partial charge on any atom is 0.434 e. The summed E-state index contributed by atoms with van der Waals surface area (Å²) in [6.07, 6.45) is -3.13. The largest absolute Gasteiger partial charge is 0.462 e. The van der Waals surface area contributed by atoms with Crippen molar-refractivity contribution in [3.63, 3.8) is 0 Å². The number of ether oxygens (including phenoxy) is 1. The highest BCUT2D eigenvalue weighted by molar-refractivity contribution is 7.90. The molecule has 0 bridgehead atoms. The van der Waals surface area contributed by atoms with Crippen LogP contribution in [0.5, 0.6) is 0 Å². The molecule has 0 aliphatic rings. The van der Waals surface area contributed by atoms with Gasteiger partial charge in [-0.3, -0.25) is 4.79 Å². The van der Waals surface area contributed by atoms with Crippen LogP contribution in [-0.4, -0.2) is 42.9 Å². The Labute approximate surface area is 186 Å². The molecule has 8 nitrogen and oxygen atoms in total. The lowest BCUT2D eigenvalue weighted by Gasteiger charge is -2.13. The van der Waals surface area contributed by atoms with Crippen molar-refractivity contribution < 1.29 is 35.9 Å². The zero-order valence-electron chi connectivity index (χ0n) is 17.4. The minimum atomic E-state index is -4.90. The molecule has 0 unspecified atom stereocenters. The Morgan fingerprint density at radius 2 is 1.73 bits per heavy atom. The van der Waals surface area contributed by atoms with Gasteiger partial charge in [0.1, 0.15) is 5.56 Å². The summed E-state index contributed by atoms with van der Waals surface area (Å²) in [5.41, 5.74) is -1.96. The van der Waals surface area contributed by atoms with Gasteiger partial charge in [0.25, 0.3) is 5.91 Å². The summed E-state index contributed by atoms with van der Waals surface area (Å²) in [6.45, 7) is 1.36. The molecule has 3 rings (SSSR count). The van der Waals surface area contributed by atoms with Gasteiger partial charge in [-0.1, -0.05) is 12.1 Å². The number of hydrogen-bond donors (Lipinski definition) is 1. The molecule has 0 aliphatic heterocycles. The number of carbonyl (C=O) groups excluding carboxylic acids is 2. The third-order valence-electron chi connectivity index (χ3n) is 4.44. The third kappa shape index (κ3) is 5.22. The number of carbonyl (C=O) groups is 2. The average molecular weight is 481 g/mol. The summed E-state index contributed by atoms with van der Waals surface area (Å²) in [4.78, 5) is 24.4. The summed E-state index contributed by atoms with van der Waals surface area (Å²) in [6, 6.07) is 10.7. The van der Waals surface area contributed by atoms with Crippen LogP contribution in [0.2, 0.25) is 0 Å². The quantitative estimate of drug-likeness (QED) is 0.538. The molecule has 174 valence electrons. The van der Waals surface area contributed by atoms with E-state index in [1.54, 1.807) is 6.07 Å². The number of amides is 1. The van der Waals surface area contributed by atoms with Crippen molar-refractivity contribution in [1.82, 2.24) is 9.78 Å². The molecule has 1 N–H and O–H groups in total. The lowest BCUT2D eigenvalue weighted by Crippen LogP contribution is -2.19. The van der Waals surface area contributed by atoms with Gasteiger partial charge in [-0.2, -0.15) is 18.3 Å². The standard InChI is InChI=1S/C21H18F3N3O5S/c1-3-32-20(29)15-12-25-27(18(15)21(22,23)24)14-10-8-13(9-11-14)19(28)26-16-6-4-5-7-17(16)33(2,30)31/h4-12H,3H2,1-2H3,(H,26,28). The van der Waals surface area contributed by atoms with Gasteiger partial charge >= 0.3 is 12.1 Å². The number of nitrogens with zero attached hydrogens (tertiary/aromatic N) is 2. The van der Waals surface area contributed by atoms with Crippen molar-refractivity contribution in [2.75, 3.05) is 18.2 Å². The first-order valence-corrected chi connectivity index (χ1v) is 11.4. The highest BCUT2D eigenvalue weighted by Gasteiger charge is 2.41. The van der Waals surface area contributed by atoms with E-state index >= 15 is 0 Å². The Kier molecular flexibility index (Phi) is 6.58. The van der Waals surface area contributed by atoms with Gasteiger partial charge in [-0.15, -0.1) is 0 Å². The number of hydrogen-bond acceptors (Lipinski definition) is 6. The molecule has 0 fully saturated rings. The van der Waals surface area contributed by atoms with Crippen molar-refractivity contribution in [3.8, 4) is 5.69 Å². The second kappa shape index (κ2) is 9.06. The number of esters is 1. The number of para-hydroxylation sites is 1. The zero-order chi connectivity index (χ0) is 24.4. The molecule has 3 aromatic rings. The molecule has 1 amide bonds. The molecule has 12 heteroatoms. The Hall–Kier alpha value is -3.67. The van der Waals surface area contributed by atoms with Crippen LogP contribution >= 0.6 is 0 Å². The Morgan fingerprint density at radius 3 is 2.30 bits per heavy atom. The number of nitrogens with one attached hydrogen (secondary N) is 1. The predicted molar refractivity (Wildman–Crippen MR) is 112 cm³/mol. The monoisotopic (exact) mass is 481 g/mol. The fourth-order valence-corrected chi connectivity index (χ4v) is 3.86. The number of aromatic nitrogens is 2. The number of anilines is 1. The molecular weight excluding hydrogens is 463 g/mol. The lowest BCUT2D eigenvalue weighted by atomic mass is 10.1. The summed E-state index contributed by atoms with van der Waals surface area (Å²) in [7, 11) is -3.60. The van der Waals surface area contributed by atoms with E-state index in [-0.39, 0.29) is 28.4 Å². The van der Waals surface area contributed by atoms with Crippen LogP contribution in [0.4, 0.5) is 18.9 Å². The molecular formula is C21H18F3N3O5S. The molecule has 0 radical (unpaired) electrons. The van der Waals surface area contributed by atoms with Gasteiger partial charge < -0.3 is 10.1 Å². The summed E-state index contributed by atoms with van der Waals surface area (Å²) < 4.78 is 69.9. The second-order valence-corrected chi connectivity index (χ2v) is 8.79. The normalized spacial score (nSPS) is 11.8. The van der Waals surface area contributed by atoms with E-state index in [1.165, 1.54) is 49.4 Å². The number of sulfone groups is 1. The maximum absolute atomic E-state index is 13.6. The Bertz CT molecular complexity index is 1300. The highest BCUT2D eigenvalue weighted by atomic mass is 32.2. The van der Waals surface area contributed by atoms with Crippen LogP contribution in [-0.2, 0) is 20.8 Å². The molecule has 0 spiro atoms. The topological polar surface area (TPSA) is 107 Å². The van der Waals surface area contributed by atoms with E-state index in [9.17, 15) is 31.2 Å². The molecule has 33 heavy (non-hydrogen) atoms. The first-order chi connectivity index (χ1) is 15.4. The highest BCUT2D eigenvalue weighted by Crippen LogP contribution is 2.34. The van der Waals surface area contributed by atoms with E-state index in [0.29, 0.717) is 4.68 Å². The molecule has 0 saturated heterocycles. The average Bonchev–Trinajstić information content (AvgIpc) is 3.20. The molecule has 1 heterocycles. The van der Waals surface area contributed by atoms with Crippen molar-refractivity contribution in [2.24, 2.45) is 0 Å². The zero-order valence-corrected chi connectivity index (χ0v) is 18.2. The van der Waals surface area contributed by atoms with Crippen LogP contribution in [0, 0.1) is 0 Å². The first kappa shape index (κ1) is 24.0. The number of alkyl halides is 3. The summed E-state index contributed by atoms with van der Waals surface area (Å²) in [5, 5.41) is 6.15. The fourth-order valence-electron chi connectivity index (χ4n) is 3.02. The molecule has 2 aromatic carbocycles. The SMILES string of the molecule is CCOC(=O)c1cnn(-c2ccc(C(=O)Nc3ccccc3S(C)(=O)=O)cc2)c1C(F)(F)F. The van der Waals surface area contributed by atoms with E-state index in [2.05, 4.69) is 15.2 Å². The number of halogens is 3. The predicted octanol–water partition coefficient (Wildman–Crippen LogP) is 3.72. The Balaban J connectivity index is 1.92. The number of rotatable bonds is 6. The maximum atomic E-state index is 13.6. The van der Waals surface area contributed by atoms with E-state index in [4.69, 9.17) is 0 Å². The van der Waals surface area contributed by atoms with Gasteiger partial charge in [0.15, 0.2) is 15.5 Å². The van der Waals surface area contributed by atoms with Gasteiger partial charge in [-0.05, 0) is 43.3 Å². The van der Waals surface area contributed by atoms with Crippen LogP contribution in [0.1, 0.15) is 33.3 Å². The summed E-state index contributed by atoms with van der Waals surface area (Å²) >= 11 is 0. The van der Waals surface area contributed by atoms with E-state index in [0.717, 1.165) is 12.5 Å². The van der Waals surface area contributed by atoms with Gasteiger partial charge in [0.2, 0.25) is 0 Å². The van der Waals surface area contributed by atoms with Crippen molar-refractivity contribution >= 4 is 27.4 Å². The van der Waals surface area contributed by atoms with E-state index < -0.39 is 39.1 Å². The van der Waals surface area contributed by atoms with Crippen molar-refractivity contribution in [3.05, 3.63) is 71.5 Å². The molecule has 0 saturated carbocycles. The fraction of sp³-hybridized carbons (Fsp3) is 0.190. The molecule has 0 aliphatic carbocycles. The third-order valence-corrected chi connectivity index (χ3v) is 5.60. The van der Waals surface area contributed by atoms with E-state index in [1.807, 2.05) is 0 Å². The van der Waals surface area contributed by atoms with Crippen molar-refractivity contribution in [1.29, 1.82) is 0 Å². The van der Waals surface area contributed by atoms with Crippen molar-refractivity contribution in [2.45, 2.75) is 18.0 Å². The van der Waals surface area contributed by atoms with Crippen LogP contribution < -0.4 is 5.32 Å². The lowest BCUT2D eigenvalue weighted by molar-refractivity contribution is -0.143. The smallest absolute Gasteiger partial charge is 0.434 e.